The zero-order valence-electron chi connectivity index (χ0n) is 18.8. The van der Waals surface area contributed by atoms with Crippen LogP contribution in [0.1, 0.15) is 21.5 Å². The lowest BCUT2D eigenvalue weighted by atomic mass is 10.1. The number of methoxy groups -OCH3 is 3. The highest BCUT2D eigenvalue weighted by molar-refractivity contribution is 5.96. The summed E-state index contributed by atoms with van der Waals surface area (Å²) >= 11 is 0. The van der Waals surface area contributed by atoms with E-state index in [4.69, 9.17) is 18.9 Å². The maximum Gasteiger partial charge on any atom is 0.282 e. The summed E-state index contributed by atoms with van der Waals surface area (Å²) in [6, 6.07) is 16.7. The molecule has 0 saturated heterocycles. The molecule has 1 amide bonds. The van der Waals surface area contributed by atoms with Gasteiger partial charge in [0.2, 0.25) is 0 Å². The van der Waals surface area contributed by atoms with Gasteiger partial charge in [0.1, 0.15) is 18.1 Å². The predicted molar refractivity (Wildman–Crippen MR) is 125 cm³/mol. The second-order valence-electron chi connectivity index (χ2n) is 6.89. The lowest BCUT2D eigenvalue weighted by molar-refractivity contribution is -0.385. The Balaban J connectivity index is 1.80. The maximum absolute atomic E-state index is 12.5. The molecule has 10 heteroatoms. The molecule has 0 atom stereocenters. The average molecular weight is 465 g/mol. The van der Waals surface area contributed by atoms with E-state index in [2.05, 4.69) is 10.5 Å². The number of carbonyl (C=O) groups is 1. The topological polar surface area (TPSA) is 122 Å². The van der Waals surface area contributed by atoms with E-state index in [9.17, 15) is 14.9 Å². The van der Waals surface area contributed by atoms with Crippen LogP contribution < -0.4 is 24.4 Å². The number of hydrogen-bond acceptors (Lipinski definition) is 8. The summed E-state index contributed by atoms with van der Waals surface area (Å²) < 4.78 is 21.4. The SMILES string of the molecule is COc1cc(OC)cc(C(=O)N/N=C\c2cc(OC)c(OCc3ccccc3)cc2[N+](=O)[O-])c1. The van der Waals surface area contributed by atoms with E-state index in [0.29, 0.717) is 11.5 Å². The van der Waals surface area contributed by atoms with Crippen LogP contribution in [0.4, 0.5) is 5.69 Å². The van der Waals surface area contributed by atoms with Gasteiger partial charge in [0.05, 0.1) is 44.1 Å². The summed E-state index contributed by atoms with van der Waals surface area (Å²) in [5, 5.41) is 15.5. The molecule has 1 N–H and O–H groups in total. The molecule has 0 spiro atoms. The van der Waals surface area contributed by atoms with E-state index in [1.165, 1.54) is 45.6 Å². The van der Waals surface area contributed by atoms with Crippen molar-refractivity contribution in [1.82, 2.24) is 5.43 Å². The van der Waals surface area contributed by atoms with Crippen LogP contribution in [0.5, 0.6) is 23.0 Å². The first kappa shape index (κ1) is 24.1. The van der Waals surface area contributed by atoms with Crippen molar-refractivity contribution in [2.75, 3.05) is 21.3 Å². The van der Waals surface area contributed by atoms with E-state index in [-0.39, 0.29) is 34.9 Å². The van der Waals surface area contributed by atoms with Gasteiger partial charge >= 0.3 is 0 Å². The largest absolute Gasteiger partial charge is 0.497 e. The van der Waals surface area contributed by atoms with Crippen LogP contribution in [0.2, 0.25) is 0 Å². The highest BCUT2D eigenvalue weighted by Gasteiger charge is 2.19. The van der Waals surface area contributed by atoms with Crippen molar-refractivity contribution in [3.63, 3.8) is 0 Å². The van der Waals surface area contributed by atoms with Crippen LogP contribution in [0, 0.1) is 10.1 Å². The molecule has 0 unspecified atom stereocenters. The molecule has 0 heterocycles. The number of amides is 1. The molecule has 176 valence electrons. The van der Waals surface area contributed by atoms with E-state index in [1.807, 2.05) is 30.3 Å². The molecular formula is C24H23N3O7. The highest BCUT2D eigenvalue weighted by atomic mass is 16.6. The van der Waals surface area contributed by atoms with E-state index < -0.39 is 10.8 Å². The molecule has 0 bridgehead atoms. The summed E-state index contributed by atoms with van der Waals surface area (Å²) in [6.07, 6.45) is 1.16. The van der Waals surface area contributed by atoms with Gasteiger partial charge < -0.3 is 18.9 Å². The first-order valence-electron chi connectivity index (χ1n) is 10.0. The normalized spacial score (nSPS) is 10.6. The second-order valence-corrected chi connectivity index (χ2v) is 6.89. The lowest BCUT2D eigenvalue weighted by Gasteiger charge is -2.12. The van der Waals surface area contributed by atoms with E-state index in [1.54, 1.807) is 6.07 Å². The molecule has 3 aromatic rings. The quantitative estimate of drug-likeness (QED) is 0.273. The van der Waals surface area contributed by atoms with Crippen LogP contribution in [-0.2, 0) is 6.61 Å². The molecule has 0 aliphatic carbocycles. The fourth-order valence-corrected chi connectivity index (χ4v) is 3.00. The van der Waals surface area contributed by atoms with Crippen molar-refractivity contribution in [2.24, 2.45) is 5.10 Å². The zero-order valence-corrected chi connectivity index (χ0v) is 18.8. The predicted octanol–water partition coefficient (Wildman–Crippen LogP) is 3.96. The smallest absolute Gasteiger partial charge is 0.282 e. The van der Waals surface area contributed by atoms with Crippen molar-refractivity contribution >= 4 is 17.8 Å². The number of nitro groups is 1. The number of nitrogens with one attached hydrogen (secondary N) is 1. The number of hydrazone groups is 1. The highest BCUT2D eigenvalue weighted by Crippen LogP contribution is 2.34. The first-order valence-corrected chi connectivity index (χ1v) is 10.0. The minimum Gasteiger partial charge on any atom is -0.497 e. The summed E-state index contributed by atoms with van der Waals surface area (Å²) in [4.78, 5) is 23.5. The maximum atomic E-state index is 12.5. The van der Waals surface area contributed by atoms with Crippen molar-refractivity contribution in [3.05, 3.63) is 87.5 Å². The standard InChI is InChI=1S/C24H23N3O7/c1-31-19-9-17(10-20(12-19)32-2)24(28)26-25-14-18-11-22(33-3)23(13-21(18)27(29)30)34-15-16-7-5-4-6-8-16/h4-14H,15H2,1-3H3,(H,26,28)/b25-14-. The van der Waals surface area contributed by atoms with Gasteiger partial charge in [0.15, 0.2) is 11.5 Å². The molecule has 0 aliphatic rings. The molecule has 0 aliphatic heterocycles. The summed E-state index contributed by atoms with van der Waals surface area (Å²) in [7, 11) is 4.36. The average Bonchev–Trinajstić information content (AvgIpc) is 2.87. The van der Waals surface area contributed by atoms with Crippen LogP contribution in [0.3, 0.4) is 0 Å². The number of nitrogens with zero attached hydrogens (tertiary/aromatic N) is 2. The van der Waals surface area contributed by atoms with Gasteiger partial charge in [-0.1, -0.05) is 30.3 Å². The first-order chi connectivity index (χ1) is 16.4. The Morgan fingerprint density at radius 1 is 0.971 bits per heavy atom. The number of hydrogen-bond donors (Lipinski definition) is 1. The zero-order chi connectivity index (χ0) is 24.5. The lowest BCUT2D eigenvalue weighted by Crippen LogP contribution is -2.18. The third kappa shape index (κ3) is 6.00. The Bertz CT molecular complexity index is 1170. The monoisotopic (exact) mass is 465 g/mol. The number of benzene rings is 3. The van der Waals surface area contributed by atoms with Gasteiger partial charge in [0, 0.05) is 11.6 Å². The molecule has 0 aromatic heterocycles. The Morgan fingerprint density at radius 2 is 1.65 bits per heavy atom. The van der Waals surface area contributed by atoms with Crippen LogP contribution in [0.25, 0.3) is 0 Å². The number of ether oxygens (including phenoxy) is 4. The van der Waals surface area contributed by atoms with Gasteiger partial charge in [0.25, 0.3) is 11.6 Å². The van der Waals surface area contributed by atoms with Crippen LogP contribution in [-0.4, -0.2) is 38.4 Å². The Labute approximate surface area is 195 Å². The fraction of sp³-hybridized carbons (Fsp3) is 0.167. The number of nitro benzene ring substituents is 1. The molecular weight excluding hydrogens is 442 g/mol. The van der Waals surface area contributed by atoms with Crippen LogP contribution in [0.15, 0.2) is 65.8 Å². The van der Waals surface area contributed by atoms with Crippen molar-refractivity contribution < 1.29 is 28.7 Å². The minimum atomic E-state index is -0.565. The molecule has 0 radical (unpaired) electrons. The van der Waals surface area contributed by atoms with Gasteiger partial charge in [-0.15, -0.1) is 0 Å². The Morgan fingerprint density at radius 3 is 2.24 bits per heavy atom. The van der Waals surface area contributed by atoms with E-state index in [0.717, 1.165) is 11.8 Å². The molecule has 0 fully saturated rings. The second kappa shape index (κ2) is 11.3. The minimum absolute atomic E-state index is 0.123. The van der Waals surface area contributed by atoms with Crippen molar-refractivity contribution in [1.29, 1.82) is 0 Å². The molecule has 0 saturated carbocycles. The number of carbonyl (C=O) groups excluding carboxylic acids is 1. The molecule has 10 nitrogen and oxygen atoms in total. The Hall–Kier alpha value is -4.60. The molecule has 3 rings (SSSR count). The molecule has 34 heavy (non-hydrogen) atoms. The van der Waals surface area contributed by atoms with Crippen LogP contribution >= 0.6 is 0 Å². The van der Waals surface area contributed by atoms with Crippen molar-refractivity contribution in [2.45, 2.75) is 6.61 Å². The fourth-order valence-electron chi connectivity index (χ4n) is 3.00. The van der Waals surface area contributed by atoms with Gasteiger partial charge in [-0.2, -0.15) is 5.10 Å². The van der Waals surface area contributed by atoms with Gasteiger partial charge in [-0.3, -0.25) is 14.9 Å². The Kier molecular flexibility index (Phi) is 8.01. The van der Waals surface area contributed by atoms with Crippen molar-refractivity contribution in [3.8, 4) is 23.0 Å². The van der Waals surface area contributed by atoms with E-state index >= 15 is 0 Å². The van der Waals surface area contributed by atoms with Gasteiger partial charge in [-0.25, -0.2) is 5.43 Å². The summed E-state index contributed by atoms with van der Waals surface area (Å²) in [6.45, 7) is 0.210. The molecule has 3 aromatic carbocycles. The van der Waals surface area contributed by atoms with Gasteiger partial charge in [-0.05, 0) is 23.8 Å². The number of rotatable bonds is 10. The third-order valence-electron chi connectivity index (χ3n) is 4.73. The summed E-state index contributed by atoms with van der Waals surface area (Å²) in [5.74, 6) is 0.806. The summed E-state index contributed by atoms with van der Waals surface area (Å²) in [5.41, 5.74) is 3.34. The third-order valence-corrected chi connectivity index (χ3v) is 4.73.